The average molecular weight is 521 g/mol. The molecular formula is C24H27N11O3. The molecule has 0 saturated carbocycles. The fourth-order valence-corrected chi connectivity index (χ4v) is 3.89. The van der Waals surface area contributed by atoms with Crippen molar-refractivity contribution in [3.8, 4) is 17.1 Å². The van der Waals surface area contributed by atoms with Crippen molar-refractivity contribution in [2.75, 3.05) is 55.9 Å². The number of aromatic nitrogens is 7. The van der Waals surface area contributed by atoms with E-state index in [2.05, 4.69) is 45.8 Å². The van der Waals surface area contributed by atoms with E-state index in [4.69, 9.17) is 13.6 Å². The zero-order valence-corrected chi connectivity index (χ0v) is 20.7. The molecule has 5 rings (SSSR count). The van der Waals surface area contributed by atoms with Gasteiger partial charge in [0.1, 0.15) is 12.1 Å². The lowest BCUT2D eigenvalue weighted by Crippen LogP contribution is -2.36. The maximum Gasteiger partial charge on any atom is 0.273 e. The number of aryl methyl sites for hydroxylation is 1. The first kappa shape index (κ1) is 21.3. The first-order chi connectivity index (χ1) is 19.7. The Hall–Kier alpha value is -4.85. The lowest BCUT2D eigenvalue weighted by molar-refractivity contribution is 0.0958. The van der Waals surface area contributed by atoms with E-state index in [1.54, 1.807) is 36.4 Å². The second-order valence-electron chi connectivity index (χ2n) is 8.18. The fraction of sp³-hybridized carbons (Fsp3) is 0.292. The highest BCUT2D eigenvalue weighted by atomic mass is 16.5. The number of ether oxygens (including phenoxy) is 2. The van der Waals surface area contributed by atoms with Crippen LogP contribution in [0.3, 0.4) is 0 Å². The van der Waals surface area contributed by atoms with Crippen molar-refractivity contribution in [2.45, 2.75) is 0 Å². The number of nitrogens with zero attached hydrogens (tertiary/aromatic N) is 8. The fourth-order valence-electron chi connectivity index (χ4n) is 3.89. The molecule has 0 aliphatic carbocycles. The van der Waals surface area contributed by atoms with Crippen molar-refractivity contribution in [3.63, 3.8) is 0 Å². The summed E-state index contributed by atoms with van der Waals surface area (Å²) in [4.78, 5) is 28.1. The highest BCUT2D eigenvalue weighted by molar-refractivity contribution is 5.98. The van der Waals surface area contributed by atoms with Crippen LogP contribution in [0, 0.1) is 0 Å². The highest BCUT2D eigenvalue weighted by Crippen LogP contribution is 2.35. The van der Waals surface area contributed by atoms with Gasteiger partial charge in [0.15, 0.2) is 28.9 Å². The van der Waals surface area contributed by atoms with Gasteiger partial charge in [-0.05, 0) is 18.2 Å². The quantitative estimate of drug-likeness (QED) is 0.310. The minimum atomic E-state index is -2.74. The molecule has 1 saturated heterocycles. The van der Waals surface area contributed by atoms with Crippen LogP contribution in [0.5, 0.6) is 5.75 Å². The van der Waals surface area contributed by atoms with Gasteiger partial charge in [-0.25, -0.2) is 15.0 Å². The standard InChI is InChI=1S/C24H27N11O3/c1-25-24(36)20-17(29-23-21(37-3)16(6-7-26-23)22-28-14-34(2)33-22)12-19(31-32-20)30-18-5-4-15(13-27-18)35-8-10-38-11-9-35/h4-7,12-14H,8-11H2,1-3H3,(H,25,36)(H2,26,27,29,30,31)/i1D3. The third kappa shape index (κ3) is 5.29. The number of anilines is 5. The van der Waals surface area contributed by atoms with Crippen molar-refractivity contribution in [1.29, 1.82) is 0 Å². The predicted octanol–water partition coefficient (Wildman–Crippen LogP) is 1.75. The summed E-state index contributed by atoms with van der Waals surface area (Å²) in [5.74, 6) is 0.685. The van der Waals surface area contributed by atoms with Crippen LogP contribution in [0.2, 0.25) is 0 Å². The van der Waals surface area contributed by atoms with Crippen LogP contribution in [-0.4, -0.2) is 81.2 Å². The molecule has 14 heteroatoms. The molecule has 1 aliphatic heterocycles. The monoisotopic (exact) mass is 520 g/mol. The molecule has 1 amide bonds. The number of carbonyl (C=O) groups is 1. The molecule has 4 aromatic rings. The molecule has 1 aliphatic rings. The molecule has 4 aromatic heterocycles. The van der Waals surface area contributed by atoms with Gasteiger partial charge in [-0.1, -0.05) is 0 Å². The molecule has 196 valence electrons. The number of pyridine rings is 2. The van der Waals surface area contributed by atoms with Gasteiger partial charge in [-0.15, -0.1) is 10.2 Å². The molecule has 38 heavy (non-hydrogen) atoms. The minimum Gasteiger partial charge on any atom is -0.492 e. The number of methoxy groups -OCH3 is 1. The largest absolute Gasteiger partial charge is 0.492 e. The topological polar surface area (TPSA) is 157 Å². The summed E-state index contributed by atoms with van der Waals surface area (Å²) in [6, 6.07) is 6.90. The molecule has 0 spiro atoms. The van der Waals surface area contributed by atoms with Crippen molar-refractivity contribution in [2.24, 2.45) is 7.05 Å². The van der Waals surface area contributed by atoms with E-state index in [0.29, 0.717) is 36.2 Å². The SMILES string of the molecule is [2H]C([2H])([2H])NC(=O)c1nnc(Nc2ccc(N3CCOCC3)cn2)cc1Nc1nccc(-c2ncn(C)n2)c1OC. The Bertz CT molecular complexity index is 1520. The zero-order valence-electron chi connectivity index (χ0n) is 23.7. The number of nitrogens with one attached hydrogen (secondary N) is 3. The number of carbonyl (C=O) groups excluding carboxylic acids is 1. The Morgan fingerprint density at radius 2 is 1.97 bits per heavy atom. The van der Waals surface area contributed by atoms with Crippen LogP contribution in [0.4, 0.5) is 28.8 Å². The van der Waals surface area contributed by atoms with E-state index in [9.17, 15) is 4.79 Å². The first-order valence-electron chi connectivity index (χ1n) is 13.1. The average Bonchev–Trinajstić information content (AvgIpc) is 3.39. The van der Waals surface area contributed by atoms with E-state index in [-0.39, 0.29) is 23.0 Å². The van der Waals surface area contributed by atoms with Gasteiger partial charge in [0.2, 0.25) is 0 Å². The number of hydrogen-bond acceptors (Lipinski definition) is 12. The van der Waals surface area contributed by atoms with Crippen LogP contribution in [0.1, 0.15) is 14.6 Å². The van der Waals surface area contributed by atoms with Crippen LogP contribution in [-0.2, 0) is 11.8 Å². The molecule has 0 atom stereocenters. The Labute approximate surface area is 222 Å². The second kappa shape index (κ2) is 11.0. The summed E-state index contributed by atoms with van der Waals surface area (Å²) >= 11 is 0. The van der Waals surface area contributed by atoms with Crippen molar-refractivity contribution in [3.05, 3.63) is 48.7 Å². The van der Waals surface area contributed by atoms with Crippen LogP contribution >= 0.6 is 0 Å². The lowest BCUT2D eigenvalue weighted by atomic mass is 10.2. The molecule has 1 fully saturated rings. The van der Waals surface area contributed by atoms with Crippen LogP contribution in [0.15, 0.2) is 43.0 Å². The van der Waals surface area contributed by atoms with Crippen LogP contribution in [0.25, 0.3) is 11.4 Å². The summed E-state index contributed by atoms with van der Waals surface area (Å²) in [6.07, 6.45) is 4.81. The zero-order chi connectivity index (χ0) is 29.0. The molecule has 14 nitrogen and oxygen atoms in total. The van der Waals surface area contributed by atoms with E-state index in [1.165, 1.54) is 19.4 Å². The number of amides is 1. The Balaban J connectivity index is 1.46. The second-order valence-corrected chi connectivity index (χ2v) is 8.18. The van der Waals surface area contributed by atoms with Gasteiger partial charge in [0.25, 0.3) is 5.91 Å². The van der Waals surface area contributed by atoms with Gasteiger partial charge < -0.3 is 30.3 Å². The molecule has 0 aromatic carbocycles. The van der Waals surface area contributed by atoms with E-state index in [0.717, 1.165) is 18.8 Å². The summed E-state index contributed by atoms with van der Waals surface area (Å²) in [5, 5.41) is 20.4. The summed E-state index contributed by atoms with van der Waals surface area (Å²) < 4.78 is 34.8. The molecular weight excluding hydrogens is 490 g/mol. The van der Waals surface area contributed by atoms with Gasteiger partial charge in [-0.3, -0.25) is 9.48 Å². The molecule has 5 heterocycles. The maximum atomic E-state index is 12.8. The molecule has 3 N–H and O–H groups in total. The Morgan fingerprint density at radius 3 is 2.68 bits per heavy atom. The molecule has 0 unspecified atom stereocenters. The lowest BCUT2D eigenvalue weighted by Gasteiger charge is -2.28. The Morgan fingerprint density at radius 1 is 1.11 bits per heavy atom. The van der Waals surface area contributed by atoms with E-state index in [1.807, 2.05) is 11.4 Å². The summed E-state index contributed by atoms with van der Waals surface area (Å²) in [6.45, 7) is 0.148. The predicted molar refractivity (Wildman–Crippen MR) is 140 cm³/mol. The van der Waals surface area contributed by atoms with Gasteiger partial charge in [0.05, 0.1) is 43.5 Å². The van der Waals surface area contributed by atoms with Crippen molar-refractivity contribution < 1.29 is 18.4 Å². The van der Waals surface area contributed by atoms with Crippen LogP contribution < -0.4 is 25.6 Å². The smallest absolute Gasteiger partial charge is 0.273 e. The minimum absolute atomic E-state index is 0.117. The molecule has 0 bridgehead atoms. The number of rotatable bonds is 8. The van der Waals surface area contributed by atoms with Gasteiger partial charge >= 0.3 is 0 Å². The molecule has 0 radical (unpaired) electrons. The third-order valence-corrected chi connectivity index (χ3v) is 5.70. The third-order valence-electron chi connectivity index (χ3n) is 5.70. The van der Waals surface area contributed by atoms with E-state index < -0.39 is 12.9 Å². The summed E-state index contributed by atoms with van der Waals surface area (Å²) in [7, 11) is 3.20. The normalized spacial score (nSPS) is 14.7. The van der Waals surface area contributed by atoms with Crippen molar-refractivity contribution in [1.82, 2.24) is 40.2 Å². The van der Waals surface area contributed by atoms with Gasteiger partial charge in [-0.2, -0.15) is 5.10 Å². The van der Waals surface area contributed by atoms with E-state index >= 15 is 0 Å². The summed E-state index contributed by atoms with van der Waals surface area (Å²) in [5.41, 5.74) is 1.35. The van der Waals surface area contributed by atoms with Gasteiger partial charge in [0, 0.05) is 43.5 Å². The number of morpholine rings is 1. The van der Waals surface area contributed by atoms with Crippen molar-refractivity contribution >= 4 is 34.7 Å². The highest BCUT2D eigenvalue weighted by Gasteiger charge is 2.20. The maximum absolute atomic E-state index is 12.8. The number of hydrogen-bond donors (Lipinski definition) is 3. The Kier molecular flexibility index (Phi) is 6.18. The first-order valence-corrected chi connectivity index (χ1v) is 11.6.